The molecule has 2 aromatic rings. The van der Waals surface area contributed by atoms with Gasteiger partial charge in [0.2, 0.25) is 6.79 Å². The summed E-state index contributed by atoms with van der Waals surface area (Å²) in [6.07, 6.45) is 1.76. The molecule has 2 aromatic carbocycles. The molecule has 4 nitrogen and oxygen atoms in total. The summed E-state index contributed by atoms with van der Waals surface area (Å²) in [5, 5.41) is 3.39. The molecule has 22 heavy (non-hydrogen) atoms. The molecule has 0 saturated carbocycles. The first-order valence-electron chi connectivity index (χ1n) is 6.60. The highest BCUT2D eigenvalue weighted by atomic mass is 35.5. The highest BCUT2D eigenvalue weighted by Crippen LogP contribution is 2.41. The first-order valence-corrected chi connectivity index (χ1v) is 7.79. The number of hydrogen-bond donors (Lipinski definition) is 1. The number of fused-ring (bicyclic) bond motifs is 2. The Morgan fingerprint density at radius 2 is 1.95 bits per heavy atom. The van der Waals surface area contributed by atoms with Crippen molar-refractivity contribution in [3.8, 4) is 11.5 Å². The molecule has 0 aliphatic carbocycles. The Balaban J connectivity index is 1.73. The average Bonchev–Trinajstić information content (AvgIpc) is 2.95. The summed E-state index contributed by atoms with van der Waals surface area (Å²) in [6.45, 7) is 0.189. The number of amides is 1. The Morgan fingerprint density at radius 1 is 1.18 bits per heavy atom. The van der Waals surface area contributed by atoms with E-state index in [1.54, 1.807) is 18.2 Å². The standard InChI is InChI=1S/C16H10ClNO3S/c17-10-7-13-12(20-8-21-13)5-9(10)6-15-16(19)18-11-3-1-2-4-14(11)22-15/h1-7H,8H2,(H,18,19)/b15-6-. The van der Waals surface area contributed by atoms with E-state index in [9.17, 15) is 4.79 Å². The fraction of sp³-hybridized carbons (Fsp3) is 0.0625. The van der Waals surface area contributed by atoms with Crippen LogP contribution in [0, 0.1) is 0 Å². The number of thioether (sulfide) groups is 1. The third-order valence-electron chi connectivity index (χ3n) is 3.36. The normalized spacial score (nSPS) is 17.3. The van der Waals surface area contributed by atoms with Gasteiger partial charge < -0.3 is 14.8 Å². The molecule has 2 heterocycles. The minimum Gasteiger partial charge on any atom is -0.454 e. The molecule has 0 spiro atoms. The predicted molar refractivity (Wildman–Crippen MR) is 86.5 cm³/mol. The first-order chi connectivity index (χ1) is 10.7. The van der Waals surface area contributed by atoms with Gasteiger partial charge in [0.25, 0.3) is 5.91 Å². The second-order valence-corrected chi connectivity index (χ2v) is 6.28. The molecule has 4 rings (SSSR count). The number of anilines is 1. The van der Waals surface area contributed by atoms with Crippen molar-refractivity contribution in [1.82, 2.24) is 0 Å². The van der Waals surface area contributed by atoms with Crippen LogP contribution in [-0.2, 0) is 4.79 Å². The van der Waals surface area contributed by atoms with E-state index in [-0.39, 0.29) is 12.7 Å². The number of para-hydroxylation sites is 1. The highest BCUT2D eigenvalue weighted by Gasteiger charge is 2.22. The van der Waals surface area contributed by atoms with Gasteiger partial charge in [-0.05, 0) is 29.8 Å². The quantitative estimate of drug-likeness (QED) is 0.797. The van der Waals surface area contributed by atoms with Gasteiger partial charge in [-0.15, -0.1) is 0 Å². The van der Waals surface area contributed by atoms with E-state index >= 15 is 0 Å². The lowest BCUT2D eigenvalue weighted by Crippen LogP contribution is -2.17. The van der Waals surface area contributed by atoms with Crippen LogP contribution >= 0.6 is 23.4 Å². The molecule has 110 valence electrons. The zero-order valence-electron chi connectivity index (χ0n) is 11.3. The minimum absolute atomic E-state index is 0.141. The molecular formula is C16H10ClNO3S. The summed E-state index contributed by atoms with van der Waals surface area (Å²) in [5.74, 6) is 1.12. The van der Waals surface area contributed by atoms with E-state index in [4.69, 9.17) is 21.1 Å². The molecule has 1 amide bonds. The summed E-state index contributed by atoms with van der Waals surface area (Å²) in [5.41, 5.74) is 1.55. The molecule has 2 aliphatic heterocycles. The lowest BCUT2D eigenvalue weighted by molar-refractivity contribution is -0.112. The number of halogens is 1. The Morgan fingerprint density at radius 3 is 2.82 bits per heavy atom. The van der Waals surface area contributed by atoms with Crippen molar-refractivity contribution in [3.63, 3.8) is 0 Å². The Labute approximate surface area is 136 Å². The third kappa shape index (κ3) is 2.32. The summed E-state index contributed by atoms with van der Waals surface area (Å²) in [6, 6.07) is 11.2. The second-order valence-electron chi connectivity index (χ2n) is 4.79. The molecule has 1 N–H and O–H groups in total. The summed E-state index contributed by atoms with van der Waals surface area (Å²) < 4.78 is 10.6. The summed E-state index contributed by atoms with van der Waals surface area (Å²) >= 11 is 7.67. The zero-order valence-corrected chi connectivity index (χ0v) is 12.8. The van der Waals surface area contributed by atoms with Crippen molar-refractivity contribution in [2.24, 2.45) is 0 Å². The van der Waals surface area contributed by atoms with E-state index in [1.807, 2.05) is 24.3 Å². The van der Waals surface area contributed by atoms with Crippen LogP contribution in [0.3, 0.4) is 0 Å². The molecule has 0 saturated heterocycles. The van der Waals surface area contributed by atoms with Crippen molar-refractivity contribution >= 4 is 41.0 Å². The SMILES string of the molecule is O=C1Nc2ccccc2S/C1=C\c1cc2c(cc1Cl)OCO2. The van der Waals surface area contributed by atoms with Gasteiger partial charge in [-0.1, -0.05) is 35.5 Å². The Kier molecular flexibility index (Phi) is 3.24. The molecular weight excluding hydrogens is 322 g/mol. The van der Waals surface area contributed by atoms with Gasteiger partial charge in [-0.2, -0.15) is 0 Å². The third-order valence-corrected chi connectivity index (χ3v) is 4.78. The zero-order chi connectivity index (χ0) is 15.1. The van der Waals surface area contributed by atoms with Crippen LogP contribution in [-0.4, -0.2) is 12.7 Å². The van der Waals surface area contributed by atoms with Crippen LogP contribution in [0.1, 0.15) is 5.56 Å². The maximum absolute atomic E-state index is 12.2. The number of carbonyl (C=O) groups is 1. The van der Waals surface area contributed by atoms with E-state index < -0.39 is 0 Å². The van der Waals surface area contributed by atoms with Crippen LogP contribution in [0.5, 0.6) is 11.5 Å². The molecule has 0 fully saturated rings. The van der Waals surface area contributed by atoms with E-state index in [0.29, 0.717) is 21.4 Å². The second kappa shape index (κ2) is 5.26. The number of benzene rings is 2. The minimum atomic E-state index is -0.141. The first kappa shape index (κ1) is 13.5. The number of carbonyl (C=O) groups excluding carboxylic acids is 1. The van der Waals surface area contributed by atoms with Crippen LogP contribution in [0.4, 0.5) is 5.69 Å². The monoisotopic (exact) mass is 331 g/mol. The molecule has 0 aromatic heterocycles. The van der Waals surface area contributed by atoms with Gasteiger partial charge in [-0.25, -0.2) is 0 Å². The van der Waals surface area contributed by atoms with Gasteiger partial charge in [0.05, 0.1) is 15.6 Å². The van der Waals surface area contributed by atoms with Crippen LogP contribution < -0.4 is 14.8 Å². The molecule has 0 atom stereocenters. The largest absolute Gasteiger partial charge is 0.454 e. The topological polar surface area (TPSA) is 47.6 Å². The number of rotatable bonds is 1. The lowest BCUT2D eigenvalue weighted by atomic mass is 10.2. The number of hydrogen-bond acceptors (Lipinski definition) is 4. The number of nitrogens with one attached hydrogen (secondary N) is 1. The predicted octanol–water partition coefficient (Wildman–Crippen LogP) is 4.15. The van der Waals surface area contributed by atoms with Crippen molar-refractivity contribution < 1.29 is 14.3 Å². The van der Waals surface area contributed by atoms with Gasteiger partial charge in [-0.3, -0.25) is 4.79 Å². The van der Waals surface area contributed by atoms with Gasteiger partial charge >= 0.3 is 0 Å². The van der Waals surface area contributed by atoms with Crippen molar-refractivity contribution in [2.75, 3.05) is 12.1 Å². The van der Waals surface area contributed by atoms with Crippen molar-refractivity contribution in [3.05, 3.63) is 51.9 Å². The maximum Gasteiger partial charge on any atom is 0.262 e. The molecule has 0 unspecified atom stereocenters. The van der Waals surface area contributed by atoms with Gasteiger partial charge in [0, 0.05) is 11.0 Å². The summed E-state index contributed by atoms with van der Waals surface area (Å²) in [4.78, 5) is 13.8. The lowest BCUT2D eigenvalue weighted by Gasteiger charge is -2.18. The maximum atomic E-state index is 12.2. The van der Waals surface area contributed by atoms with Crippen molar-refractivity contribution in [1.29, 1.82) is 0 Å². The molecule has 2 aliphatic rings. The van der Waals surface area contributed by atoms with E-state index in [1.165, 1.54) is 11.8 Å². The van der Waals surface area contributed by atoms with Gasteiger partial charge in [0.15, 0.2) is 11.5 Å². The molecule has 6 heteroatoms. The van der Waals surface area contributed by atoms with Crippen molar-refractivity contribution in [2.45, 2.75) is 4.90 Å². The Hall–Kier alpha value is -2.11. The smallest absolute Gasteiger partial charge is 0.262 e. The van der Waals surface area contributed by atoms with Crippen LogP contribution in [0.25, 0.3) is 6.08 Å². The molecule has 0 radical (unpaired) electrons. The fourth-order valence-corrected chi connectivity index (χ4v) is 3.44. The fourth-order valence-electron chi connectivity index (χ4n) is 2.29. The van der Waals surface area contributed by atoms with Crippen LogP contribution in [0.2, 0.25) is 5.02 Å². The highest BCUT2D eigenvalue weighted by molar-refractivity contribution is 8.04. The van der Waals surface area contributed by atoms with E-state index in [2.05, 4.69) is 5.32 Å². The average molecular weight is 332 g/mol. The van der Waals surface area contributed by atoms with E-state index in [0.717, 1.165) is 16.1 Å². The summed E-state index contributed by atoms with van der Waals surface area (Å²) in [7, 11) is 0. The van der Waals surface area contributed by atoms with Crippen LogP contribution in [0.15, 0.2) is 46.2 Å². The Bertz CT molecular complexity index is 819. The molecule has 0 bridgehead atoms. The van der Waals surface area contributed by atoms with Gasteiger partial charge in [0.1, 0.15) is 0 Å². The number of ether oxygens (including phenoxy) is 2.